The van der Waals surface area contributed by atoms with Crippen LogP contribution in [0.3, 0.4) is 0 Å². The van der Waals surface area contributed by atoms with E-state index in [9.17, 15) is 0 Å². The minimum Gasteiger partial charge on any atom is -0.378 e. The minimum absolute atomic E-state index is 0.641. The number of hydrogen-bond acceptors (Lipinski definition) is 4. The molecule has 4 heteroatoms. The third-order valence-corrected chi connectivity index (χ3v) is 5.33. The topological polar surface area (TPSA) is 34.2 Å². The molecule has 1 fully saturated rings. The zero-order valence-electron chi connectivity index (χ0n) is 13.1. The highest BCUT2D eigenvalue weighted by atomic mass is 32.1. The number of nitrogens with zero attached hydrogens (tertiary/aromatic N) is 1. The van der Waals surface area contributed by atoms with Crippen molar-refractivity contribution in [1.29, 1.82) is 0 Å². The van der Waals surface area contributed by atoms with E-state index < -0.39 is 0 Å². The Hall–Kier alpha value is -0.450. The molecule has 1 aliphatic rings. The molecule has 0 radical (unpaired) electrons. The Kier molecular flexibility index (Phi) is 6.46. The number of thiazole rings is 1. The fraction of sp³-hybridized carbons (Fsp3) is 0.812. The van der Waals surface area contributed by atoms with Crippen molar-refractivity contribution in [2.75, 3.05) is 13.7 Å². The summed E-state index contributed by atoms with van der Waals surface area (Å²) >= 11 is 1.90. The van der Waals surface area contributed by atoms with E-state index in [4.69, 9.17) is 9.72 Å². The monoisotopic (exact) mass is 296 g/mol. The Morgan fingerprint density at radius 2 is 2.25 bits per heavy atom. The van der Waals surface area contributed by atoms with Crippen molar-refractivity contribution >= 4 is 11.3 Å². The lowest BCUT2D eigenvalue weighted by atomic mass is 9.83. The summed E-state index contributed by atoms with van der Waals surface area (Å²) in [6, 6.07) is 0. The van der Waals surface area contributed by atoms with Gasteiger partial charge >= 0.3 is 0 Å². The van der Waals surface area contributed by atoms with Gasteiger partial charge in [-0.2, -0.15) is 0 Å². The summed E-state index contributed by atoms with van der Waals surface area (Å²) < 4.78 is 5.31. The molecule has 0 aliphatic heterocycles. The van der Waals surface area contributed by atoms with Crippen LogP contribution >= 0.6 is 11.3 Å². The van der Waals surface area contributed by atoms with Crippen molar-refractivity contribution in [3.05, 3.63) is 15.6 Å². The molecule has 3 nitrogen and oxygen atoms in total. The van der Waals surface area contributed by atoms with Gasteiger partial charge in [0.15, 0.2) is 0 Å². The third kappa shape index (κ3) is 4.27. The Labute approximate surface area is 127 Å². The summed E-state index contributed by atoms with van der Waals surface area (Å²) in [5.41, 5.74) is 1.15. The number of rotatable bonds is 7. The Balaban J connectivity index is 2.06. The molecule has 2 unspecified atom stereocenters. The van der Waals surface area contributed by atoms with Gasteiger partial charge in [0.2, 0.25) is 0 Å². The van der Waals surface area contributed by atoms with Crippen LogP contribution < -0.4 is 5.32 Å². The molecule has 1 saturated carbocycles. The van der Waals surface area contributed by atoms with Crippen LogP contribution in [0.5, 0.6) is 0 Å². The molecule has 0 saturated heterocycles. The zero-order chi connectivity index (χ0) is 14.4. The average Bonchev–Trinajstić information content (AvgIpc) is 2.83. The molecular weight excluding hydrogens is 268 g/mol. The van der Waals surface area contributed by atoms with Crippen LogP contribution in [-0.4, -0.2) is 18.6 Å². The van der Waals surface area contributed by atoms with Gasteiger partial charge in [0.25, 0.3) is 0 Å². The molecular formula is C16H28N2OS. The van der Waals surface area contributed by atoms with Crippen molar-refractivity contribution in [1.82, 2.24) is 10.3 Å². The van der Waals surface area contributed by atoms with E-state index >= 15 is 0 Å². The first-order valence-corrected chi connectivity index (χ1v) is 8.74. The van der Waals surface area contributed by atoms with Gasteiger partial charge in [0.05, 0.1) is 17.3 Å². The maximum absolute atomic E-state index is 5.31. The van der Waals surface area contributed by atoms with Crippen LogP contribution in [0.2, 0.25) is 0 Å². The maximum Gasteiger partial charge on any atom is 0.0963 e. The molecule has 1 heterocycles. The van der Waals surface area contributed by atoms with Crippen molar-refractivity contribution in [3.8, 4) is 0 Å². The highest BCUT2D eigenvalue weighted by Crippen LogP contribution is 2.38. The number of hydrogen-bond donors (Lipinski definition) is 1. The zero-order valence-corrected chi connectivity index (χ0v) is 13.9. The van der Waals surface area contributed by atoms with Gasteiger partial charge in [-0.25, -0.2) is 4.98 Å². The standard InChI is InChI=1S/C16H28N2OS/c1-4-8-17-10-15-14(11-19-3)18-16(20-15)13-7-5-6-12(2)9-13/h12-13,17H,4-11H2,1-3H3. The first-order valence-electron chi connectivity index (χ1n) is 7.92. The second kappa shape index (κ2) is 8.11. The van der Waals surface area contributed by atoms with Crippen LogP contribution in [0.1, 0.15) is 67.4 Å². The molecule has 0 spiro atoms. The fourth-order valence-electron chi connectivity index (χ4n) is 3.00. The summed E-state index contributed by atoms with van der Waals surface area (Å²) in [5.74, 6) is 1.53. The Morgan fingerprint density at radius 1 is 1.40 bits per heavy atom. The lowest BCUT2D eigenvalue weighted by molar-refractivity contribution is 0.181. The Morgan fingerprint density at radius 3 is 2.95 bits per heavy atom. The molecule has 0 aromatic carbocycles. The van der Waals surface area contributed by atoms with Gasteiger partial charge in [0.1, 0.15) is 0 Å². The van der Waals surface area contributed by atoms with Gasteiger partial charge in [0, 0.05) is 24.4 Å². The highest BCUT2D eigenvalue weighted by Gasteiger charge is 2.24. The van der Waals surface area contributed by atoms with E-state index in [1.807, 2.05) is 11.3 Å². The van der Waals surface area contributed by atoms with E-state index in [0.717, 1.165) is 24.7 Å². The normalized spacial score (nSPS) is 23.1. The van der Waals surface area contributed by atoms with Gasteiger partial charge in [-0.05, 0) is 31.7 Å². The first kappa shape index (κ1) is 15.9. The minimum atomic E-state index is 0.641. The van der Waals surface area contributed by atoms with Gasteiger partial charge in [-0.1, -0.05) is 26.7 Å². The quantitative estimate of drug-likeness (QED) is 0.770. The number of nitrogens with one attached hydrogen (secondary N) is 1. The van der Waals surface area contributed by atoms with Gasteiger partial charge < -0.3 is 10.1 Å². The fourth-order valence-corrected chi connectivity index (χ4v) is 4.19. The summed E-state index contributed by atoms with van der Waals surface area (Å²) in [6.07, 6.45) is 6.53. The van der Waals surface area contributed by atoms with E-state index in [1.165, 1.54) is 42.0 Å². The summed E-state index contributed by atoms with van der Waals surface area (Å²) in [6.45, 7) is 7.22. The smallest absolute Gasteiger partial charge is 0.0963 e. The average molecular weight is 296 g/mol. The number of methoxy groups -OCH3 is 1. The van der Waals surface area contributed by atoms with E-state index in [-0.39, 0.29) is 0 Å². The van der Waals surface area contributed by atoms with Gasteiger partial charge in [-0.15, -0.1) is 11.3 Å². The van der Waals surface area contributed by atoms with E-state index in [2.05, 4.69) is 19.2 Å². The van der Waals surface area contributed by atoms with Crippen molar-refractivity contribution < 1.29 is 4.74 Å². The van der Waals surface area contributed by atoms with Crippen LogP contribution in [0.15, 0.2) is 0 Å². The summed E-state index contributed by atoms with van der Waals surface area (Å²) in [5, 5.41) is 4.83. The molecule has 0 bridgehead atoms. The second-order valence-corrected chi connectivity index (χ2v) is 7.12. The third-order valence-electron chi connectivity index (χ3n) is 4.07. The van der Waals surface area contributed by atoms with Crippen molar-refractivity contribution in [2.24, 2.45) is 5.92 Å². The maximum atomic E-state index is 5.31. The largest absolute Gasteiger partial charge is 0.378 e. The van der Waals surface area contributed by atoms with Crippen LogP contribution in [0.4, 0.5) is 0 Å². The second-order valence-electron chi connectivity index (χ2n) is 6.00. The van der Waals surface area contributed by atoms with Gasteiger partial charge in [-0.3, -0.25) is 0 Å². The molecule has 114 valence electrons. The summed E-state index contributed by atoms with van der Waals surface area (Å²) in [4.78, 5) is 6.26. The SMILES string of the molecule is CCCNCc1sc(C2CCCC(C)C2)nc1COC. The molecule has 0 amide bonds. The predicted octanol–water partition coefficient (Wildman–Crippen LogP) is 4.08. The Bertz CT molecular complexity index is 405. The van der Waals surface area contributed by atoms with Crippen LogP contribution in [0.25, 0.3) is 0 Å². The molecule has 1 aromatic heterocycles. The molecule has 1 N–H and O–H groups in total. The summed E-state index contributed by atoms with van der Waals surface area (Å²) in [7, 11) is 1.75. The number of ether oxygens (including phenoxy) is 1. The predicted molar refractivity (Wildman–Crippen MR) is 85.2 cm³/mol. The van der Waals surface area contributed by atoms with Crippen molar-refractivity contribution in [3.63, 3.8) is 0 Å². The molecule has 1 aromatic rings. The first-order chi connectivity index (χ1) is 9.74. The molecule has 20 heavy (non-hydrogen) atoms. The van der Waals surface area contributed by atoms with E-state index in [1.54, 1.807) is 7.11 Å². The number of aromatic nitrogens is 1. The molecule has 1 aliphatic carbocycles. The lowest BCUT2D eigenvalue weighted by Crippen LogP contribution is -2.14. The molecule has 2 atom stereocenters. The molecule has 2 rings (SSSR count). The van der Waals surface area contributed by atoms with E-state index in [0.29, 0.717) is 12.5 Å². The van der Waals surface area contributed by atoms with Crippen LogP contribution in [0, 0.1) is 5.92 Å². The van der Waals surface area contributed by atoms with Crippen molar-refractivity contribution in [2.45, 2.75) is 65.0 Å². The van der Waals surface area contributed by atoms with Crippen LogP contribution in [-0.2, 0) is 17.9 Å². The highest BCUT2D eigenvalue weighted by molar-refractivity contribution is 7.11. The lowest BCUT2D eigenvalue weighted by Gasteiger charge is -2.24.